The van der Waals surface area contributed by atoms with E-state index < -0.39 is 5.97 Å². The van der Waals surface area contributed by atoms with E-state index in [-0.39, 0.29) is 0 Å². The molecule has 0 fully saturated rings. The number of hydrogen-bond donors (Lipinski definition) is 0. The van der Waals surface area contributed by atoms with Gasteiger partial charge in [-0.2, -0.15) is 0 Å². The molecule has 28 heavy (non-hydrogen) atoms. The molecule has 1 aliphatic heterocycles. The van der Waals surface area contributed by atoms with Crippen molar-refractivity contribution in [2.45, 2.75) is 0 Å². The zero-order chi connectivity index (χ0) is 19.1. The summed E-state index contributed by atoms with van der Waals surface area (Å²) in [7, 11) is 0. The van der Waals surface area contributed by atoms with Gasteiger partial charge in [-0.1, -0.05) is 64.5 Å². The standard InChI is InChI=1S/C24H14BrNO2/c25-18-11-9-15(10-12-18)23-26-22(24(27)28-23)14-21-19-7-3-1-5-16(19)13-17-6-2-4-8-20(17)21/h1-14H. The summed E-state index contributed by atoms with van der Waals surface area (Å²) in [6, 6.07) is 26.0. The largest absolute Gasteiger partial charge is 0.402 e. The number of carbonyl (C=O) groups is 1. The van der Waals surface area contributed by atoms with E-state index in [0.29, 0.717) is 11.6 Å². The molecule has 0 aliphatic carbocycles. The van der Waals surface area contributed by atoms with Crippen molar-refractivity contribution < 1.29 is 9.53 Å². The maximum atomic E-state index is 12.5. The summed E-state index contributed by atoms with van der Waals surface area (Å²) in [6.45, 7) is 0. The summed E-state index contributed by atoms with van der Waals surface area (Å²) in [5.74, 6) is -0.108. The Morgan fingerprint density at radius 2 is 1.43 bits per heavy atom. The lowest BCUT2D eigenvalue weighted by Gasteiger charge is -2.08. The molecule has 3 nitrogen and oxygen atoms in total. The zero-order valence-electron chi connectivity index (χ0n) is 14.7. The lowest BCUT2D eigenvalue weighted by molar-refractivity contribution is -0.129. The van der Waals surface area contributed by atoms with E-state index in [1.54, 1.807) is 0 Å². The number of cyclic esters (lactones) is 1. The van der Waals surface area contributed by atoms with E-state index >= 15 is 0 Å². The van der Waals surface area contributed by atoms with Gasteiger partial charge in [-0.3, -0.25) is 0 Å². The molecule has 0 saturated heterocycles. The molecule has 0 aromatic heterocycles. The zero-order valence-corrected chi connectivity index (χ0v) is 16.3. The molecule has 0 amide bonds. The number of nitrogens with zero attached hydrogens (tertiary/aromatic N) is 1. The van der Waals surface area contributed by atoms with E-state index in [1.165, 1.54) is 0 Å². The van der Waals surface area contributed by atoms with Crippen molar-refractivity contribution in [2.24, 2.45) is 4.99 Å². The minimum absolute atomic E-state index is 0.305. The van der Waals surface area contributed by atoms with Crippen molar-refractivity contribution in [3.05, 3.63) is 100 Å². The van der Waals surface area contributed by atoms with Crippen LogP contribution in [0.1, 0.15) is 11.1 Å². The molecule has 1 heterocycles. The highest BCUT2D eigenvalue weighted by molar-refractivity contribution is 9.10. The van der Waals surface area contributed by atoms with Crippen molar-refractivity contribution in [1.82, 2.24) is 0 Å². The van der Waals surface area contributed by atoms with Crippen LogP contribution in [0.5, 0.6) is 0 Å². The van der Waals surface area contributed by atoms with Gasteiger partial charge >= 0.3 is 5.97 Å². The van der Waals surface area contributed by atoms with Gasteiger partial charge in [0.25, 0.3) is 0 Å². The molecule has 0 radical (unpaired) electrons. The minimum Gasteiger partial charge on any atom is -0.402 e. The van der Waals surface area contributed by atoms with E-state index in [9.17, 15) is 4.79 Å². The summed E-state index contributed by atoms with van der Waals surface area (Å²) >= 11 is 3.41. The summed E-state index contributed by atoms with van der Waals surface area (Å²) in [5.41, 5.74) is 2.05. The molecule has 0 unspecified atom stereocenters. The Labute approximate surface area is 170 Å². The van der Waals surface area contributed by atoms with Gasteiger partial charge in [0.15, 0.2) is 5.70 Å². The van der Waals surface area contributed by atoms with Gasteiger partial charge in [0.2, 0.25) is 5.90 Å². The first-order valence-electron chi connectivity index (χ1n) is 8.88. The number of halogens is 1. The Balaban J connectivity index is 1.70. The molecular formula is C24H14BrNO2. The number of benzene rings is 4. The van der Waals surface area contributed by atoms with E-state index in [1.807, 2.05) is 54.6 Å². The van der Waals surface area contributed by atoms with Gasteiger partial charge in [0.1, 0.15) is 0 Å². The second-order valence-corrected chi connectivity index (χ2v) is 7.49. The number of hydrogen-bond acceptors (Lipinski definition) is 3. The van der Waals surface area contributed by atoms with Crippen molar-refractivity contribution >= 4 is 55.4 Å². The van der Waals surface area contributed by atoms with Crippen molar-refractivity contribution in [2.75, 3.05) is 0 Å². The first-order chi connectivity index (χ1) is 13.7. The number of esters is 1. The van der Waals surface area contributed by atoms with E-state index in [2.05, 4.69) is 51.3 Å². The highest BCUT2D eigenvalue weighted by atomic mass is 79.9. The third-order valence-corrected chi connectivity index (χ3v) is 5.33. The van der Waals surface area contributed by atoms with Crippen LogP contribution in [0.15, 0.2) is 94.0 Å². The SMILES string of the molecule is O=C1OC(c2ccc(Br)cc2)=NC1=Cc1c2ccccc2cc2ccccc12. The molecule has 0 N–H and O–H groups in total. The van der Waals surface area contributed by atoms with Crippen LogP contribution in [-0.4, -0.2) is 11.9 Å². The van der Waals surface area contributed by atoms with Crippen LogP contribution < -0.4 is 0 Å². The van der Waals surface area contributed by atoms with Crippen molar-refractivity contribution in [3.8, 4) is 0 Å². The molecule has 5 rings (SSSR count). The van der Waals surface area contributed by atoms with Gasteiger partial charge in [0.05, 0.1) is 0 Å². The van der Waals surface area contributed by atoms with Gasteiger partial charge in [-0.25, -0.2) is 9.79 Å². The second-order valence-electron chi connectivity index (χ2n) is 6.58. The molecule has 0 bridgehead atoms. The maximum Gasteiger partial charge on any atom is 0.363 e. The minimum atomic E-state index is -0.435. The van der Waals surface area contributed by atoms with Crippen LogP contribution in [0.2, 0.25) is 0 Å². The van der Waals surface area contributed by atoms with Gasteiger partial charge < -0.3 is 4.74 Å². The third-order valence-electron chi connectivity index (χ3n) is 4.81. The molecular weight excluding hydrogens is 414 g/mol. The van der Waals surface area contributed by atoms with Crippen LogP contribution in [0, 0.1) is 0 Å². The number of carbonyl (C=O) groups excluding carboxylic acids is 1. The van der Waals surface area contributed by atoms with Crippen molar-refractivity contribution in [3.63, 3.8) is 0 Å². The predicted molar refractivity (Wildman–Crippen MR) is 116 cm³/mol. The molecule has 0 atom stereocenters. The molecule has 4 aromatic carbocycles. The second kappa shape index (κ2) is 6.73. The number of ether oxygens (including phenoxy) is 1. The third kappa shape index (κ3) is 2.92. The fourth-order valence-corrected chi connectivity index (χ4v) is 3.73. The summed E-state index contributed by atoms with van der Waals surface area (Å²) in [6.07, 6.45) is 1.83. The Morgan fingerprint density at radius 1 is 0.821 bits per heavy atom. The number of fused-ring (bicyclic) bond motifs is 2. The molecule has 134 valence electrons. The van der Waals surface area contributed by atoms with E-state index in [4.69, 9.17) is 4.74 Å². The smallest absolute Gasteiger partial charge is 0.363 e. The lowest BCUT2D eigenvalue weighted by atomic mass is 9.96. The molecule has 0 saturated carbocycles. The molecule has 1 aliphatic rings. The van der Waals surface area contributed by atoms with Crippen LogP contribution in [0.25, 0.3) is 27.6 Å². The summed E-state index contributed by atoms with van der Waals surface area (Å²) in [5, 5.41) is 4.40. The lowest BCUT2D eigenvalue weighted by Crippen LogP contribution is -2.05. The predicted octanol–water partition coefficient (Wildman–Crippen LogP) is 6.10. The Kier molecular flexibility index (Phi) is 4.06. The van der Waals surface area contributed by atoms with Crippen molar-refractivity contribution in [1.29, 1.82) is 0 Å². The topological polar surface area (TPSA) is 38.7 Å². The molecule has 4 heteroatoms. The monoisotopic (exact) mass is 427 g/mol. The number of aliphatic imine (C=N–C) groups is 1. The molecule has 0 spiro atoms. The fourth-order valence-electron chi connectivity index (χ4n) is 3.47. The average Bonchev–Trinajstić information content (AvgIpc) is 3.08. The summed E-state index contributed by atoms with van der Waals surface area (Å²) < 4.78 is 6.38. The van der Waals surface area contributed by atoms with Gasteiger partial charge in [-0.05, 0) is 63.5 Å². The normalized spacial score (nSPS) is 15.2. The Hall–Kier alpha value is -3.24. The Morgan fingerprint density at radius 3 is 2.07 bits per heavy atom. The van der Waals surface area contributed by atoms with Crippen LogP contribution in [-0.2, 0) is 9.53 Å². The fraction of sp³-hybridized carbons (Fsp3) is 0. The van der Waals surface area contributed by atoms with E-state index in [0.717, 1.165) is 37.1 Å². The highest BCUT2D eigenvalue weighted by Crippen LogP contribution is 2.31. The first-order valence-corrected chi connectivity index (χ1v) is 9.67. The average molecular weight is 428 g/mol. The summed E-state index contributed by atoms with van der Waals surface area (Å²) in [4.78, 5) is 17.0. The number of rotatable bonds is 2. The van der Waals surface area contributed by atoms with Gasteiger partial charge in [0, 0.05) is 10.0 Å². The van der Waals surface area contributed by atoms with Crippen LogP contribution in [0.3, 0.4) is 0 Å². The quantitative estimate of drug-likeness (QED) is 0.220. The van der Waals surface area contributed by atoms with Crippen LogP contribution in [0.4, 0.5) is 0 Å². The highest BCUT2D eigenvalue weighted by Gasteiger charge is 2.24. The Bertz CT molecular complexity index is 1250. The maximum absolute atomic E-state index is 12.5. The van der Waals surface area contributed by atoms with Gasteiger partial charge in [-0.15, -0.1) is 0 Å². The van der Waals surface area contributed by atoms with Crippen LogP contribution >= 0.6 is 15.9 Å². The first kappa shape index (κ1) is 16.9. The molecule has 4 aromatic rings.